The molecule has 1 rings (SSSR count). The van der Waals surface area contributed by atoms with Crippen molar-refractivity contribution in [2.45, 2.75) is 58.3 Å². The number of hydrogen-bond acceptors (Lipinski definition) is 0. The Bertz CT molecular complexity index is 182. The van der Waals surface area contributed by atoms with E-state index in [1.807, 2.05) is 0 Å². The largest absolute Gasteiger partial charge is 0.0999 e. The van der Waals surface area contributed by atoms with Crippen molar-refractivity contribution in [3.05, 3.63) is 24.3 Å². The van der Waals surface area contributed by atoms with Crippen LogP contribution in [0.3, 0.4) is 0 Å². The lowest BCUT2D eigenvalue weighted by Crippen LogP contribution is -1.84. The van der Waals surface area contributed by atoms with E-state index in [0.29, 0.717) is 0 Å². The molecule has 0 aromatic rings. The fraction of sp³-hybridized carbons (Fsp3) is 0.714. The summed E-state index contributed by atoms with van der Waals surface area (Å²) in [5, 5.41) is 0. The van der Waals surface area contributed by atoms with Crippen molar-refractivity contribution < 1.29 is 0 Å². The second-order valence-electron chi connectivity index (χ2n) is 4.50. The van der Waals surface area contributed by atoms with Crippen LogP contribution in [0, 0.1) is 5.92 Å². The summed E-state index contributed by atoms with van der Waals surface area (Å²) in [6.07, 6.45) is 15.3. The zero-order chi connectivity index (χ0) is 10.2. The van der Waals surface area contributed by atoms with E-state index in [1.165, 1.54) is 56.9 Å². The Morgan fingerprint density at radius 1 is 1.07 bits per heavy atom. The average Bonchev–Trinajstić information content (AvgIpc) is 2.95. The maximum atomic E-state index is 4.09. The first-order valence-corrected chi connectivity index (χ1v) is 6.18. The van der Waals surface area contributed by atoms with Crippen LogP contribution in [0.1, 0.15) is 58.3 Å². The van der Waals surface area contributed by atoms with Gasteiger partial charge in [0.1, 0.15) is 0 Å². The van der Waals surface area contributed by atoms with E-state index < -0.39 is 0 Å². The zero-order valence-corrected chi connectivity index (χ0v) is 9.60. The Hall–Kier alpha value is -0.520. The molecule has 0 atom stereocenters. The Balaban J connectivity index is 1.76. The molecule has 0 aromatic carbocycles. The van der Waals surface area contributed by atoms with Gasteiger partial charge in [0.25, 0.3) is 0 Å². The summed E-state index contributed by atoms with van der Waals surface area (Å²) in [7, 11) is 0. The van der Waals surface area contributed by atoms with Crippen LogP contribution in [0.4, 0.5) is 0 Å². The molecule has 14 heavy (non-hydrogen) atoms. The van der Waals surface area contributed by atoms with Crippen LogP contribution >= 0.6 is 0 Å². The van der Waals surface area contributed by atoms with E-state index in [2.05, 4.69) is 25.7 Å². The fourth-order valence-electron chi connectivity index (χ4n) is 1.86. The van der Waals surface area contributed by atoms with E-state index in [9.17, 15) is 0 Å². The summed E-state index contributed by atoms with van der Waals surface area (Å²) in [6.45, 7) is 6.32. The lowest BCUT2D eigenvalue weighted by molar-refractivity contribution is 0.594. The van der Waals surface area contributed by atoms with Crippen molar-refractivity contribution in [2.24, 2.45) is 5.92 Å². The van der Waals surface area contributed by atoms with E-state index >= 15 is 0 Å². The van der Waals surface area contributed by atoms with Gasteiger partial charge < -0.3 is 0 Å². The SMILES string of the molecule is C=C(CCC)CCCCCCC1C=C1. The number of rotatable bonds is 9. The Kier molecular flexibility index (Phi) is 5.66. The summed E-state index contributed by atoms with van der Waals surface area (Å²) in [6, 6.07) is 0. The highest BCUT2D eigenvalue weighted by atomic mass is 14.1. The fourth-order valence-corrected chi connectivity index (χ4v) is 1.86. The quantitative estimate of drug-likeness (QED) is 0.361. The Labute approximate surface area is 89.1 Å². The van der Waals surface area contributed by atoms with Crippen molar-refractivity contribution >= 4 is 0 Å². The van der Waals surface area contributed by atoms with Crippen molar-refractivity contribution in [1.82, 2.24) is 0 Å². The van der Waals surface area contributed by atoms with Crippen molar-refractivity contribution in [3.63, 3.8) is 0 Å². The van der Waals surface area contributed by atoms with E-state index in [-0.39, 0.29) is 0 Å². The molecule has 0 aromatic heterocycles. The van der Waals surface area contributed by atoms with Crippen LogP contribution < -0.4 is 0 Å². The Morgan fingerprint density at radius 3 is 2.43 bits per heavy atom. The normalized spacial score (nSPS) is 14.6. The minimum Gasteiger partial charge on any atom is -0.0999 e. The summed E-state index contributed by atoms with van der Waals surface area (Å²) in [5.41, 5.74) is 1.45. The lowest BCUT2D eigenvalue weighted by Gasteiger charge is -2.03. The minimum atomic E-state index is 0.880. The van der Waals surface area contributed by atoms with Crippen LogP contribution in [0.5, 0.6) is 0 Å². The number of allylic oxidation sites excluding steroid dienone is 3. The van der Waals surface area contributed by atoms with E-state index in [1.54, 1.807) is 0 Å². The smallest absolute Gasteiger partial charge is 0.00531 e. The zero-order valence-electron chi connectivity index (χ0n) is 9.60. The molecular formula is C14H24. The van der Waals surface area contributed by atoms with Crippen molar-refractivity contribution in [1.29, 1.82) is 0 Å². The third-order valence-corrected chi connectivity index (χ3v) is 2.89. The van der Waals surface area contributed by atoms with Gasteiger partial charge in [-0.3, -0.25) is 0 Å². The first-order valence-electron chi connectivity index (χ1n) is 6.18. The maximum absolute atomic E-state index is 4.09. The molecule has 0 heteroatoms. The topological polar surface area (TPSA) is 0 Å². The predicted octanol–water partition coefficient (Wildman–Crippen LogP) is 4.87. The van der Waals surface area contributed by atoms with Crippen molar-refractivity contribution in [3.8, 4) is 0 Å². The van der Waals surface area contributed by atoms with Gasteiger partial charge in [-0.1, -0.05) is 56.9 Å². The van der Waals surface area contributed by atoms with Gasteiger partial charge in [0.15, 0.2) is 0 Å². The van der Waals surface area contributed by atoms with Gasteiger partial charge in [-0.15, -0.1) is 0 Å². The van der Waals surface area contributed by atoms with E-state index in [0.717, 1.165) is 5.92 Å². The molecule has 0 radical (unpaired) electrons. The van der Waals surface area contributed by atoms with Gasteiger partial charge in [0.05, 0.1) is 0 Å². The van der Waals surface area contributed by atoms with Crippen LogP contribution in [-0.4, -0.2) is 0 Å². The molecule has 0 aliphatic heterocycles. The van der Waals surface area contributed by atoms with Crippen LogP contribution in [-0.2, 0) is 0 Å². The molecule has 0 N–H and O–H groups in total. The van der Waals surface area contributed by atoms with E-state index in [4.69, 9.17) is 0 Å². The second-order valence-corrected chi connectivity index (χ2v) is 4.50. The number of unbranched alkanes of at least 4 members (excludes halogenated alkanes) is 3. The minimum absolute atomic E-state index is 0.880. The molecule has 1 aliphatic rings. The predicted molar refractivity (Wildman–Crippen MR) is 64.4 cm³/mol. The van der Waals surface area contributed by atoms with Gasteiger partial charge >= 0.3 is 0 Å². The molecule has 0 saturated carbocycles. The molecule has 0 bridgehead atoms. The van der Waals surface area contributed by atoms with Gasteiger partial charge in [-0.05, 0) is 31.6 Å². The third kappa shape index (κ3) is 6.01. The van der Waals surface area contributed by atoms with Crippen LogP contribution in [0.15, 0.2) is 24.3 Å². The highest BCUT2D eigenvalue weighted by molar-refractivity contribution is 5.12. The molecule has 0 amide bonds. The van der Waals surface area contributed by atoms with Crippen LogP contribution in [0.2, 0.25) is 0 Å². The summed E-state index contributed by atoms with van der Waals surface area (Å²) in [5.74, 6) is 0.880. The summed E-state index contributed by atoms with van der Waals surface area (Å²) in [4.78, 5) is 0. The highest BCUT2D eigenvalue weighted by Crippen LogP contribution is 2.23. The first kappa shape index (κ1) is 11.6. The molecule has 0 nitrogen and oxygen atoms in total. The summed E-state index contributed by atoms with van der Waals surface area (Å²) >= 11 is 0. The molecule has 80 valence electrons. The molecule has 1 aliphatic carbocycles. The van der Waals surface area contributed by atoms with Crippen molar-refractivity contribution in [2.75, 3.05) is 0 Å². The van der Waals surface area contributed by atoms with Gasteiger partial charge in [0, 0.05) is 0 Å². The molecule has 0 spiro atoms. The number of hydrogen-bond donors (Lipinski definition) is 0. The average molecular weight is 192 g/mol. The first-order chi connectivity index (χ1) is 6.83. The van der Waals surface area contributed by atoms with Crippen LogP contribution in [0.25, 0.3) is 0 Å². The Morgan fingerprint density at radius 2 is 1.79 bits per heavy atom. The third-order valence-electron chi connectivity index (χ3n) is 2.89. The summed E-state index contributed by atoms with van der Waals surface area (Å²) < 4.78 is 0. The molecule has 0 fully saturated rings. The standard InChI is InChI=1S/C14H24/c1-3-8-13(2)9-6-4-5-7-10-14-11-12-14/h11-12,14H,2-10H2,1H3. The van der Waals surface area contributed by atoms with Gasteiger partial charge in [-0.2, -0.15) is 0 Å². The maximum Gasteiger partial charge on any atom is -0.00531 e. The molecule has 0 saturated heterocycles. The van der Waals surface area contributed by atoms with Gasteiger partial charge in [0.2, 0.25) is 0 Å². The highest BCUT2D eigenvalue weighted by Gasteiger charge is 2.08. The second kappa shape index (κ2) is 6.86. The monoisotopic (exact) mass is 192 g/mol. The molecule has 0 unspecified atom stereocenters. The lowest BCUT2D eigenvalue weighted by atomic mass is 10.0. The molecule has 0 heterocycles. The molecular weight excluding hydrogens is 168 g/mol. The van der Waals surface area contributed by atoms with Gasteiger partial charge in [-0.25, -0.2) is 0 Å².